The molecule has 20 heavy (non-hydrogen) atoms. The zero-order chi connectivity index (χ0) is 13.5. The van der Waals surface area contributed by atoms with E-state index >= 15 is 0 Å². The first kappa shape index (κ1) is 12.2. The van der Waals surface area contributed by atoms with Crippen LogP contribution in [0.15, 0.2) is 42.6 Å². The first-order valence-corrected chi connectivity index (χ1v) is 7.57. The lowest BCUT2D eigenvalue weighted by Gasteiger charge is -2.44. The summed E-state index contributed by atoms with van der Waals surface area (Å²) in [6.45, 7) is 3.35. The van der Waals surface area contributed by atoms with Crippen molar-refractivity contribution < 1.29 is 0 Å². The molecule has 1 aromatic rings. The maximum atomic E-state index is 4.71. The predicted octanol–water partition coefficient (Wildman–Crippen LogP) is 2.12. The molecule has 3 aliphatic rings. The molecule has 1 aliphatic carbocycles. The highest BCUT2D eigenvalue weighted by atomic mass is 15.3. The molecule has 3 unspecified atom stereocenters. The van der Waals surface area contributed by atoms with E-state index in [1.165, 1.54) is 11.4 Å². The summed E-state index contributed by atoms with van der Waals surface area (Å²) in [6, 6.07) is 4.88. The van der Waals surface area contributed by atoms with Crippen LogP contribution < -0.4 is 4.90 Å². The van der Waals surface area contributed by atoms with Crippen LogP contribution in [0.1, 0.15) is 5.56 Å². The molecule has 3 heteroatoms. The third-order valence-electron chi connectivity index (χ3n) is 4.96. The normalized spacial score (nSPS) is 32.2. The molecule has 3 heterocycles. The Kier molecular flexibility index (Phi) is 2.88. The number of hydrogen-bond donors (Lipinski definition) is 0. The van der Waals surface area contributed by atoms with E-state index in [-0.39, 0.29) is 0 Å². The number of pyridine rings is 1. The van der Waals surface area contributed by atoms with Crippen LogP contribution in [0.25, 0.3) is 0 Å². The number of anilines is 1. The fourth-order valence-electron chi connectivity index (χ4n) is 3.94. The first-order chi connectivity index (χ1) is 9.83. The predicted molar refractivity (Wildman–Crippen MR) is 81.8 cm³/mol. The summed E-state index contributed by atoms with van der Waals surface area (Å²) in [6.07, 6.45) is 12.3. The van der Waals surface area contributed by atoms with Gasteiger partial charge in [0.15, 0.2) is 0 Å². The average Bonchev–Trinajstić information content (AvgIpc) is 2.61. The minimum Gasteiger partial charge on any atom is -0.350 e. The second-order valence-corrected chi connectivity index (χ2v) is 6.22. The van der Waals surface area contributed by atoms with E-state index in [0.29, 0.717) is 17.9 Å². The van der Waals surface area contributed by atoms with Crippen molar-refractivity contribution in [2.75, 3.05) is 31.6 Å². The maximum absolute atomic E-state index is 4.71. The highest BCUT2D eigenvalue weighted by molar-refractivity contribution is 5.51. The summed E-state index contributed by atoms with van der Waals surface area (Å²) in [5.41, 5.74) is 1.41. The molecule has 104 valence electrons. The Morgan fingerprint density at radius 3 is 3.05 bits per heavy atom. The van der Waals surface area contributed by atoms with E-state index in [0.717, 1.165) is 26.1 Å². The number of allylic oxidation sites excluding steroid dienone is 3. The van der Waals surface area contributed by atoms with Crippen molar-refractivity contribution in [3.8, 4) is 0 Å². The number of likely N-dealkylation sites (N-methyl/N-ethyl adjacent to an activating group) is 1. The monoisotopic (exact) mass is 267 g/mol. The molecule has 4 rings (SSSR count). The van der Waals surface area contributed by atoms with Gasteiger partial charge in [0, 0.05) is 37.8 Å². The highest BCUT2D eigenvalue weighted by Crippen LogP contribution is 2.38. The minimum atomic E-state index is 0.552. The molecule has 2 aliphatic heterocycles. The standard InChI is InChI=1S/C17H21N3/c1-19-9-10-20-16(12-19)15-7-3-2-5-13(15)11-14-6-4-8-18-17(14)20/h2-8,13,15-16H,9-12H2,1H3. The molecule has 3 nitrogen and oxygen atoms in total. The van der Waals surface area contributed by atoms with Gasteiger partial charge in [0.1, 0.15) is 5.82 Å². The molecule has 0 radical (unpaired) electrons. The minimum absolute atomic E-state index is 0.552. The van der Waals surface area contributed by atoms with Gasteiger partial charge in [-0.2, -0.15) is 0 Å². The quantitative estimate of drug-likeness (QED) is 0.718. The third kappa shape index (κ3) is 1.88. The van der Waals surface area contributed by atoms with Gasteiger partial charge in [-0.1, -0.05) is 30.4 Å². The van der Waals surface area contributed by atoms with E-state index in [2.05, 4.69) is 53.3 Å². The van der Waals surface area contributed by atoms with Crippen LogP contribution >= 0.6 is 0 Å². The summed E-state index contributed by atoms with van der Waals surface area (Å²) in [7, 11) is 2.24. The molecule has 1 saturated heterocycles. The molecule has 1 fully saturated rings. The molecular weight excluding hydrogens is 246 g/mol. The summed E-state index contributed by atoms with van der Waals surface area (Å²) >= 11 is 0. The van der Waals surface area contributed by atoms with Gasteiger partial charge in [0.2, 0.25) is 0 Å². The number of nitrogens with zero attached hydrogens (tertiary/aromatic N) is 3. The van der Waals surface area contributed by atoms with E-state index in [9.17, 15) is 0 Å². The Hall–Kier alpha value is -1.61. The number of fused-ring (bicyclic) bond motifs is 5. The maximum Gasteiger partial charge on any atom is 0.132 e. The van der Waals surface area contributed by atoms with Crippen molar-refractivity contribution >= 4 is 5.82 Å². The van der Waals surface area contributed by atoms with Crippen LogP contribution in [0.4, 0.5) is 5.82 Å². The molecule has 0 bridgehead atoms. The Morgan fingerprint density at radius 1 is 1.20 bits per heavy atom. The number of piperazine rings is 1. The smallest absolute Gasteiger partial charge is 0.132 e. The van der Waals surface area contributed by atoms with Crippen molar-refractivity contribution in [3.63, 3.8) is 0 Å². The summed E-state index contributed by atoms with van der Waals surface area (Å²) in [5, 5.41) is 0. The second kappa shape index (κ2) is 4.74. The van der Waals surface area contributed by atoms with Crippen molar-refractivity contribution in [1.29, 1.82) is 0 Å². The number of rotatable bonds is 0. The van der Waals surface area contributed by atoms with Crippen LogP contribution in [-0.4, -0.2) is 42.6 Å². The van der Waals surface area contributed by atoms with Crippen molar-refractivity contribution in [1.82, 2.24) is 9.88 Å². The molecule has 0 amide bonds. The molecule has 0 N–H and O–H groups in total. The van der Waals surface area contributed by atoms with Crippen molar-refractivity contribution in [2.24, 2.45) is 11.8 Å². The lowest BCUT2D eigenvalue weighted by molar-refractivity contribution is 0.224. The van der Waals surface area contributed by atoms with Crippen LogP contribution in [0.5, 0.6) is 0 Å². The van der Waals surface area contributed by atoms with E-state index in [4.69, 9.17) is 4.98 Å². The van der Waals surface area contributed by atoms with Crippen molar-refractivity contribution in [3.05, 3.63) is 48.2 Å². The van der Waals surface area contributed by atoms with Gasteiger partial charge in [0.25, 0.3) is 0 Å². The van der Waals surface area contributed by atoms with Crippen LogP contribution in [0, 0.1) is 11.8 Å². The molecule has 1 aromatic heterocycles. The Balaban J connectivity index is 1.81. The molecule has 0 spiro atoms. The topological polar surface area (TPSA) is 19.4 Å². The van der Waals surface area contributed by atoms with Crippen LogP contribution in [-0.2, 0) is 6.42 Å². The fraction of sp³-hybridized carbons (Fsp3) is 0.471. The molecular formula is C17H21N3. The average molecular weight is 267 g/mol. The van der Waals surface area contributed by atoms with Crippen molar-refractivity contribution in [2.45, 2.75) is 12.5 Å². The van der Waals surface area contributed by atoms with Gasteiger partial charge in [0.05, 0.1) is 0 Å². The second-order valence-electron chi connectivity index (χ2n) is 6.22. The molecule has 3 atom stereocenters. The lowest BCUT2D eigenvalue weighted by atomic mass is 9.80. The Bertz CT molecular complexity index is 563. The largest absolute Gasteiger partial charge is 0.350 e. The zero-order valence-corrected chi connectivity index (χ0v) is 11.9. The number of aromatic nitrogens is 1. The van der Waals surface area contributed by atoms with Gasteiger partial charge in [-0.05, 0) is 31.0 Å². The summed E-state index contributed by atoms with van der Waals surface area (Å²) in [4.78, 5) is 9.72. The fourth-order valence-corrected chi connectivity index (χ4v) is 3.94. The summed E-state index contributed by atoms with van der Waals surface area (Å²) < 4.78 is 0. The third-order valence-corrected chi connectivity index (χ3v) is 4.96. The van der Waals surface area contributed by atoms with Gasteiger partial charge >= 0.3 is 0 Å². The van der Waals surface area contributed by atoms with Gasteiger partial charge in [-0.25, -0.2) is 4.98 Å². The van der Waals surface area contributed by atoms with E-state index < -0.39 is 0 Å². The highest BCUT2D eigenvalue weighted by Gasteiger charge is 2.39. The SMILES string of the molecule is CN1CCN2c3ncccc3CC3C=CC=CC3C2C1. The van der Waals surface area contributed by atoms with E-state index in [1.807, 2.05) is 6.20 Å². The Morgan fingerprint density at radius 2 is 2.10 bits per heavy atom. The van der Waals surface area contributed by atoms with Gasteiger partial charge in [-0.3, -0.25) is 0 Å². The van der Waals surface area contributed by atoms with Crippen LogP contribution in [0.3, 0.4) is 0 Å². The first-order valence-electron chi connectivity index (χ1n) is 7.57. The Labute approximate surface area is 120 Å². The van der Waals surface area contributed by atoms with Gasteiger partial charge < -0.3 is 9.80 Å². The molecule has 0 aromatic carbocycles. The van der Waals surface area contributed by atoms with Crippen LogP contribution in [0.2, 0.25) is 0 Å². The zero-order valence-electron chi connectivity index (χ0n) is 11.9. The summed E-state index contributed by atoms with van der Waals surface area (Å²) in [5.74, 6) is 2.45. The lowest BCUT2D eigenvalue weighted by Crippen LogP contribution is -2.55. The number of hydrogen-bond acceptors (Lipinski definition) is 3. The molecule has 0 saturated carbocycles. The van der Waals surface area contributed by atoms with E-state index in [1.54, 1.807) is 0 Å². The van der Waals surface area contributed by atoms with Gasteiger partial charge in [-0.15, -0.1) is 0 Å².